The number of nitrogens with one attached hydrogen (secondary N) is 1. The first kappa shape index (κ1) is 18.8. The van der Waals surface area contributed by atoms with Crippen LogP contribution in [0.2, 0.25) is 0 Å². The van der Waals surface area contributed by atoms with Crippen molar-refractivity contribution >= 4 is 11.6 Å². The minimum absolute atomic E-state index is 0.0243. The lowest BCUT2D eigenvalue weighted by molar-refractivity contribution is 0.136. The fraction of sp³-hybridized carbons (Fsp3) is 0.400. The van der Waals surface area contributed by atoms with E-state index >= 15 is 0 Å². The summed E-state index contributed by atoms with van der Waals surface area (Å²) in [7, 11) is 0. The minimum Gasteiger partial charge on any atom is -0.489 e. The Hall–Kier alpha value is -1.55. The highest BCUT2D eigenvalue weighted by atomic mass is 35.5. The molecule has 0 saturated carbocycles. The van der Waals surface area contributed by atoms with Crippen molar-refractivity contribution in [1.82, 2.24) is 5.32 Å². The first-order valence-corrected chi connectivity index (χ1v) is 8.90. The molecule has 0 spiro atoms. The quantitative estimate of drug-likeness (QED) is 0.527. The number of ether oxygens (including phenoxy) is 1. The summed E-state index contributed by atoms with van der Waals surface area (Å²) < 4.78 is 5.89. The van der Waals surface area contributed by atoms with Gasteiger partial charge in [0.25, 0.3) is 0 Å². The van der Waals surface area contributed by atoms with Gasteiger partial charge in [0.1, 0.15) is 12.4 Å². The maximum Gasteiger partial charge on any atom is 0.122 e. The van der Waals surface area contributed by atoms with E-state index in [9.17, 15) is 5.11 Å². The van der Waals surface area contributed by atoms with E-state index in [1.807, 2.05) is 62.4 Å². The lowest BCUT2D eigenvalue weighted by Crippen LogP contribution is -2.33. The average molecular weight is 348 g/mol. The third-order valence-electron chi connectivity index (χ3n) is 4.03. The number of aliphatic hydroxyl groups excluding tert-OH is 1. The van der Waals surface area contributed by atoms with Crippen LogP contribution in [0.15, 0.2) is 48.5 Å². The monoisotopic (exact) mass is 347 g/mol. The van der Waals surface area contributed by atoms with Crippen LogP contribution in [0.25, 0.3) is 0 Å². The molecule has 24 heavy (non-hydrogen) atoms. The number of halogens is 1. The smallest absolute Gasteiger partial charge is 0.122 e. The Morgan fingerprint density at radius 3 is 2.58 bits per heavy atom. The van der Waals surface area contributed by atoms with Gasteiger partial charge in [-0.15, -0.1) is 11.6 Å². The summed E-state index contributed by atoms with van der Waals surface area (Å²) in [5.41, 5.74) is 3.05. The van der Waals surface area contributed by atoms with E-state index in [1.165, 1.54) is 0 Å². The molecule has 4 heteroatoms. The molecule has 2 rings (SSSR count). The standard InChI is InChI=1S/C20H26ClNO2/c1-15-13-18(20(23)16(2)22-12-6-11-21)9-10-19(15)24-14-17-7-4-3-5-8-17/h3-5,7-10,13,16,20,22-23H,6,11-12,14H2,1-2H3. The Kier molecular flexibility index (Phi) is 7.57. The lowest BCUT2D eigenvalue weighted by Gasteiger charge is -2.21. The summed E-state index contributed by atoms with van der Waals surface area (Å²) in [6.07, 6.45) is 0.339. The minimum atomic E-state index is -0.554. The number of alkyl halides is 1. The van der Waals surface area contributed by atoms with Gasteiger partial charge >= 0.3 is 0 Å². The van der Waals surface area contributed by atoms with Crippen molar-refractivity contribution in [2.45, 2.75) is 39.0 Å². The SMILES string of the molecule is Cc1cc(C(O)C(C)NCCCCl)ccc1OCc1ccccc1. The highest BCUT2D eigenvalue weighted by Crippen LogP contribution is 2.25. The zero-order valence-electron chi connectivity index (χ0n) is 14.3. The normalized spacial score (nSPS) is 13.5. The fourth-order valence-electron chi connectivity index (χ4n) is 2.55. The molecule has 2 unspecified atom stereocenters. The van der Waals surface area contributed by atoms with Gasteiger partial charge in [-0.2, -0.15) is 0 Å². The van der Waals surface area contributed by atoms with E-state index in [4.69, 9.17) is 16.3 Å². The van der Waals surface area contributed by atoms with E-state index < -0.39 is 6.10 Å². The van der Waals surface area contributed by atoms with Crippen LogP contribution >= 0.6 is 11.6 Å². The second-order valence-electron chi connectivity index (χ2n) is 6.03. The fourth-order valence-corrected chi connectivity index (χ4v) is 2.68. The van der Waals surface area contributed by atoms with Gasteiger partial charge in [-0.3, -0.25) is 0 Å². The van der Waals surface area contributed by atoms with Gasteiger partial charge in [-0.05, 0) is 55.6 Å². The van der Waals surface area contributed by atoms with Gasteiger partial charge in [0.15, 0.2) is 0 Å². The maximum absolute atomic E-state index is 10.5. The first-order valence-electron chi connectivity index (χ1n) is 8.36. The zero-order chi connectivity index (χ0) is 17.4. The van der Waals surface area contributed by atoms with E-state index in [0.29, 0.717) is 12.5 Å². The molecule has 2 aromatic rings. The molecule has 0 aliphatic carbocycles. The Balaban J connectivity index is 1.95. The summed E-state index contributed by atoms with van der Waals surface area (Å²) in [5, 5.41) is 13.8. The molecule has 0 bridgehead atoms. The number of aryl methyl sites for hydroxylation is 1. The number of aliphatic hydroxyl groups is 1. The Bertz CT molecular complexity index is 618. The van der Waals surface area contributed by atoms with Crippen LogP contribution in [0.5, 0.6) is 5.75 Å². The molecular formula is C20H26ClNO2. The van der Waals surface area contributed by atoms with Crippen LogP contribution in [-0.2, 0) is 6.61 Å². The largest absolute Gasteiger partial charge is 0.489 e. The molecule has 0 amide bonds. The highest BCUT2D eigenvalue weighted by molar-refractivity contribution is 6.17. The van der Waals surface area contributed by atoms with Crippen LogP contribution in [0.3, 0.4) is 0 Å². The van der Waals surface area contributed by atoms with Crippen molar-refractivity contribution in [3.05, 3.63) is 65.2 Å². The van der Waals surface area contributed by atoms with E-state index in [2.05, 4.69) is 5.32 Å². The summed E-state index contributed by atoms with van der Waals surface area (Å²) in [4.78, 5) is 0. The molecule has 3 nitrogen and oxygen atoms in total. The van der Waals surface area contributed by atoms with Crippen molar-refractivity contribution in [2.24, 2.45) is 0 Å². The molecule has 0 fully saturated rings. The van der Waals surface area contributed by atoms with Crippen LogP contribution < -0.4 is 10.1 Å². The van der Waals surface area contributed by atoms with E-state index in [0.717, 1.165) is 35.4 Å². The predicted molar refractivity (Wildman–Crippen MR) is 99.7 cm³/mol. The second kappa shape index (κ2) is 9.67. The molecule has 0 aromatic heterocycles. The number of rotatable bonds is 9. The molecule has 0 aliphatic heterocycles. The molecule has 0 radical (unpaired) electrons. The van der Waals surface area contributed by atoms with E-state index in [-0.39, 0.29) is 6.04 Å². The van der Waals surface area contributed by atoms with Gasteiger partial charge in [0.05, 0.1) is 6.10 Å². The molecule has 0 aliphatic rings. The summed E-state index contributed by atoms with van der Waals surface area (Å²) >= 11 is 5.68. The Morgan fingerprint density at radius 2 is 1.92 bits per heavy atom. The average Bonchev–Trinajstić information content (AvgIpc) is 2.61. The lowest BCUT2D eigenvalue weighted by atomic mass is 10.0. The van der Waals surface area contributed by atoms with Gasteiger partial charge in [-0.25, -0.2) is 0 Å². The molecule has 130 valence electrons. The summed E-state index contributed by atoms with van der Waals surface area (Å²) in [6.45, 7) is 5.33. The van der Waals surface area contributed by atoms with Gasteiger partial charge in [0, 0.05) is 11.9 Å². The Morgan fingerprint density at radius 1 is 1.17 bits per heavy atom. The van der Waals surface area contributed by atoms with Gasteiger partial charge in [-0.1, -0.05) is 36.4 Å². The summed E-state index contributed by atoms with van der Waals surface area (Å²) in [6, 6.07) is 15.9. The third kappa shape index (κ3) is 5.52. The van der Waals surface area contributed by atoms with Crippen molar-refractivity contribution in [3.63, 3.8) is 0 Å². The molecule has 2 atom stereocenters. The highest BCUT2D eigenvalue weighted by Gasteiger charge is 2.16. The van der Waals surface area contributed by atoms with Gasteiger partial charge < -0.3 is 15.2 Å². The third-order valence-corrected chi connectivity index (χ3v) is 4.30. The van der Waals surface area contributed by atoms with Crippen LogP contribution in [0.4, 0.5) is 0 Å². The number of hydrogen-bond donors (Lipinski definition) is 2. The van der Waals surface area contributed by atoms with Crippen LogP contribution in [0.1, 0.15) is 36.1 Å². The summed E-state index contributed by atoms with van der Waals surface area (Å²) in [5.74, 6) is 1.47. The van der Waals surface area contributed by atoms with Gasteiger partial charge in [0.2, 0.25) is 0 Å². The molecule has 0 saturated heterocycles. The number of benzene rings is 2. The Labute approximate surface area is 149 Å². The zero-order valence-corrected chi connectivity index (χ0v) is 15.1. The molecule has 0 heterocycles. The first-order chi connectivity index (χ1) is 11.6. The number of hydrogen-bond acceptors (Lipinski definition) is 3. The molecule has 2 N–H and O–H groups in total. The van der Waals surface area contributed by atoms with Crippen LogP contribution in [0, 0.1) is 6.92 Å². The second-order valence-corrected chi connectivity index (χ2v) is 6.41. The van der Waals surface area contributed by atoms with Crippen molar-refractivity contribution < 1.29 is 9.84 Å². The van der Waals surface area contributed by atoms with E-state index in [1.54, 1.807) is 0 Å². The topological polar surface area (TPSA) is 41.5 Å². The maximum atomic E-state index is 10.5. The molecule has 2 aromatic carbocycles. The van der Waals surface area contributed by atoms with Crippen molar-refractivity contribution in [1.29, 1.82) is 0 Å². The predicted octanol–water partition coefficient (Wildman–Crippen LogP) is 4.21. The van der Waals surface area contributed by atoms with Crippen molar-refractivity contribution in [3.8, 4) is 5.75 Å². The molecular weight excluding hydrogens is 322 g/mol. The van der Waals surface area contributed by atoms with Crippen LogP contribution in [-0.4, -0.2) is 23.6 Å². The van der Waals surface area contributed by atoms with Crippen molar-refractivity contribution in [2.75, 3.05) is 12.4 Å².